The van der Waals surface area contributed by atoms with Gasteiger partial charge in [-0.15, -0.1) is 0 Å². The van der Waals surface area contributed by atoms with Gasteiger partial charge in [0.15, 0.2) is 11.4 Å². The number of fused-ring (bicyclic) bond motifs is 3. The van der Waals surface area contributed by atoms with Crippen LogP contribution in [0.25, 0.3) is 28.1 Å². The Labute approximate surface area is 279 Å². The van der Waals surface area contributed by atoms with Gasteiger partial charge < -0.3 is 41.0 Å². The third-order valence-electron chi connectivity index (χ3n) is 9.71. The number of nitrogens with zero attached hydrogens (tertiary/aromatic N) is 2. The number of anilines is 2. The van der Waals surface area contributed by atoms with Crippen molar-refractivity contribution >= 4 is 34.9 Å². The number of carbonyl (C=O) groups is 3. The molecule has 1 aromatic heterocycles. The Morgan fingerprint density at radius 2 is 1.63 bits per heavy atom. The lowest BCUT2D eigenvalue weighted by Crippen LogP contribution is -2.70. The molecule has 3 aliphatic rings. The Bertz CT molecular complexity index is 2100. The highest BCUT2D eigenvalue weighted by molar-refractivity contribution is 6.24. The second-order valence-corrected chi connectivity index (χ2v) is 12.6. The highest BCUT2D eigenvalue weighted by atomic mass is 16.4. The van der Waals surface area contributed by atoms with Crippen LogP contribution in [0.1, 0.15) is 11.1 Å². The van der Waals surface area contributed by atoms with Crippen LogP contribution in [-0.4, -0.2) is 84.7 Å². The van der Waals surface area contributed by atoms with E-state index in [9.17, 15) is 39.9 Å². The number of oxazole rings is 1. The quantitative estimate of drug-likeness (QED) is 0.117. The van der Waals surface area contributed by atoms with Crippen LogP contribution in [0, 0.1) is 11.8 Å². The Morgan fingerprint density at radius 3 is 2.29 bits per heavy atom. The molecule has 4 aromatic rings. The Kier molecular flexibility index (Phi) is 7.43. The number of aromatic nitrogens is 1. The number of aliphatic hydroxyl groups excluding tert-OH is 3. The molecule has 0 bridgehead atoms. The minimum atomic E-state index is -2.98. The minimum Gasteiger partial charge on any atom is -0.508 e. The maximum absolute atomic E-state index is 14.1. The zero-order valence-electron chi connectivity index (χ0n) is 26.3. The Hall–Kier alpha value is -5.76. The highest BCUT2D eigenvalue weighted by Crippen LogP contribution is 2.53. The molecule has 0 unspecified atom stereocenters. The van der Waals surface area contributed by atoms with Crippen molar-refractivity contribution < 1.29 is 44.3 Å². The van der Waals surface area contributed by atoms with Gasteiger partial charge in [-0.1, -0.05) is 60.7 Å². The Balaban J connectivity index is 1.23. The number of phenolic OH excluding ortho intramolecular Hbond substituents is 1. The number of phenols is 1. The fraction of sp³-hybridized carbons (Fsp3) is 0.222. The summed E-state index contributed by atoms with van der Waals surface area (Å²) in [5.41, 5.74) is 4.58. The van der Waals surface area contributed by atoms with Crippen molar-refractivity contribution in [3.8, 4) is 28.1 Å². The number of hydrogen-bond acceptors (Lipinski definition) is 12. The summed E-state index contributed by atoms with van der Waals surface area (Å²) in [4.78, 5) is 45.3. The summed E-state index contributed by atoms with van der Waals surface area (Å²) >= 11 is 0. The molecule has 1 fully saturated rings. The van der Waals surface area contributed by atoms with Crippen molar-refractivity contribution in [2.24, 2.45) is 17.6 Å². The molecule has 5 atom stereocenters. The van der Waals surface area contributed by atoms with Gasteiger partial charge in [0.05, 0.1) is 29.3 Å². The monoisotopic (exact) mass is 664 g/mol. The number of ketones is 2. The molecular formula is C36H32N4O9. The van der Waals surface area contributed by atoms with Crippen LogP contribution >= 0.6 is 0 Å². The van der Waals surface area contributed by atoms with Crippen LogP contribution in [0.3, 0.4) is 0 Å². The number of aliphatic hydroxyl groups is 4. The molecule has 0 saturated heterocycles. The highest BCUT2D eigenvalue weighted by Gasteiger charge is 2.67. The van der Waals surface area contributed by atoms with E-state index in [1.807, 2.05) is 54.6 Å². The van der Waals surface area contributed by atoms with Crippen LogP contribution in [0.2, 0.25) is 0 Å². The topological polar surface area (TPSA) is 220 Å². The van der Waals surface area contributed by atoms with E-state index in [4.69, 9.17) is 10.2 Å². The van der Waals surface area contributed by atoms with E-state index in [-0.39, 0.29) is 23.7 Å². The molecule has 1 saturated carbocycles. The molecular weight excluding hydrogens is 632 g/mol. The normalized spacial score (nSPS) is 24.8. The van der Waals surface area contributed by atoms with Crippen molar-refractivity contribution in [3.05, 3.63) is 101 Å². The fourth-order valence-corrected chi connectivity index (χ4v) is 7.37. The van der Waals surface area contributed by atoms with Gasteiger partial charge in [-0.25, -0.2) is 0 Å². The summed E-state index contributed by atoms with van der Waals surface area (Å²) in [6, 6.07) is 19.3. The lowest BCUT2D eigenvalue weighted by Gasteiger charge is -2.52. The number of nitrogens with two attached hydrogens (primary N) is 1. The zero-order valence-corrected chi connectivity index (χ0v) is 26.3. The Morgan fingerprint density at radius 1 is 0.980 bits per heavy atom. The summed E-state index contributed by atoms with van der Waals surface area (Å²) in [7, 11) is 2.90. The number of amides is 1. The first-order valence-corrected chi connectivity index (χ1v) is 15.4. The molecule has 13 nitrogen and oxygen atoms in total. The van der Waals surface area contributed by atoms with Crippen molar-refractivity contribution in [1.82, 2.24) is 9.88 Å². The second kappa shape index (κ2) is 11.4. The van der Waals surface area contributed by atoms with E-state index in [1.54, 1.807) is 6.07 Å². The molecule has 1 amide bonds. The van der Waals surface area contributed by atoms with Gasteiger partial charge in [0.25, 0.3) is 11.9 Å². The molecule has 3 aromatic carbocycles. The summed E-state index contributed by atoms with van der Waals surface area (Å²) < 4.78 is 5.60. The third kappa shape index (κ3) is 4.73. The largest absolute Gasteiger partial charge is 0.508 e. The first kappa shape index (κ1) is 31.8. The minimum absolute atomic E-state index is 0.0233. The summed E-state index contributed by atoms with van der Waals surface area (Å²) in [5, 5.41) is 60.2. The number of primary amides is 1. The SMILES string of the molecule is CN(C)[C@H]1C(=O)C(C(N)=O)=C(O)[C@]2(O)C(=O)C3=C(O)c4c(ccc(Nc5nc(-c6ccc(-c7ccccc7)cc6)co5)c4O)C[C@@H]3[C@@H](O)[C@H]12. The number of nitrogens with one attached hydrogen (secondary N) is 1. The van der Waals surface area contributed by atoms with Crippen molar-refractivity contribution in [1.29, 1.82) is 0 Å². The first-order chi connectivity index (χ1) is 23.3. The van der Waals surface area contributed by atoms with Gasteiger partial charge in [0, 0.05) is 17.1 Å². The summed E-state index contributed by atoms with van der Waals surface area (Å²) in [5.74, 6) is -8.84. The van der Waals surface area contributed by atoms with E-state index in [2.05, 4.69) is 10.3 Å². The molecule has 3 aliphatic carbocycles. The number of carbonyl (C=O) groups excluding carboxylic acids is 3. The van der Waals surface area contributed by atoms with E-state index < -0.39 is 75.5 Å². The van der Waals surface area contributed by atoms with Crippen LogP contribution < -0.4 is 11.1 Å². The number of likely N-dealkylation sites (N-methyl/N-ethyl adjacent to an activating group) is 1. The summed E-state index contributed by atoms with van der Waals surface area (Å²) in [6.45, 7) is 0. The van der Waals surface area contributed by atoms with Gasteiger partial charge in [-0.2, -0.15) is 4.98 Å². The number of rotatable bonds is 6. The number of Topliss-reactive ketones (excluding diaryl/α,β-unsaturated/α-hetero) is 2. The molecule has 0 spiro atoms. The van der Waals surface area contributed by atoms with E-state index >= 15 is 0 Å². The number of aromatic hydroxyl groups is 1. The van der Waals surface area contributed by atoms with Crippen molar-refractivity contribution in [2.75, 3.05) is 19.4 Å². The molecule has 13 heteroatoms. The van der Waals surface area contributed by atoms with E-state index in [1.165, 1.54) is 31.3 Å². The fourth-order valence-electron chi connectivity index (χ4n) is 7.37. The third-order valence-corrected chi connectivity index (χ3v) is 9.71. The number of benzene rings is 3. The second-order valence-electron chi connectivity index (χ2n) is 12.6. The van der Waals surface area contributed by atoms with Gasteiger partial charge in [0.2, 0.25) is 5.78 Å². The molecule has 8 N–H and O–H groups in total. The zero-order chi connectivity index (χ0) is 34.9. The maximum atomic E-state index is 14.1. The molecule has 0 radical (unpaired) electrons. The maximum Gasteiger partial charge on any atom is 0.299 e. The average molecular weight is 665 g/mol. The first-order valence-electron chi connectivity index (χ1n) is 15.4. The predicted molar refractivity (Wildman–Crippen MR) is 176 cm³/mol. The molecule has 0 aliphatic heterocycles. The van der Waals surface area contributed by atoms with E-state index in [0.717, 1.165) is 16.7 Å². The van der Waals surface area contributed by atoms with E-state index in [0.29, 0.717) is 11.3 Å². The lowest BCUT2D eigenvalue weighted by molar-refractivity contribution is -0.168. The van der Waals surface area contributed by atoms with Crippen LogP contribution in [0.15, 0.2) is 94.3 Å². The molecule has 49 heavy (non-hydrogen) atoms. The van der Waals surface area contributed by atoms with Gasteiger partial charge in [0.1, 0.15) is 34.8 Å². The smallest absolute Gasteiger partial charge is 0.299 e. The molecule has 7 rings (SSSR count). The molecule has 1 heterocycles. The van der Waals surface area contributed by atoms with Crippen molar-refractivity contribution in [2.45, 2.75) is 24.2 Å². The van der Waals surface area contributed by atoms with Crippen LogP contribution in [0.5, 0.6) is 5.75 Å². The van der Waals surface area contributed by atoms with Crippen LogP contribution in [-0.2, 0) is 20.8 Å². The van der Waals surface area contributed by atoms with Gasteiger partial charge in [-0.3, -0.25) is 19.3 Å². The lowest BCUT2D eigenvalue weighted by atomic mass is 9.56. The summed E-state index contributed by atoms with van der Waals surface area (Å²) in [6.07, 6.45) is -0.297. The predicted octanol–water partition coefficient (Wildman–Crippen LogP) is 3.00. The van der Waals surface area contributed by atoms with Gasteiger partial charge >= 0.3 is 0 Å². The van der Waals surface area contributed by atoms with Crippen molar-refractivity contribution in [3.63, 3.8) is 0 Å². The van der Waals surface area contributed by atoms with Crippen LogP contribution in [0.4, 0.5) is 11.7 Å². The number of hydrogen-bond donors (Lipinski definition) is 7. The standard InChI is InChI=1S/C36H32N4O9/c1-40(2)27-26-28(41)20-14-19-12-13-21(38-35-39-22(15-49-35)18-10-8-17(9-11-18)16-6-4-3-5-7-16)29(42)23(19)30(43)24(20)32(45)36(26,48)33(46)25(31(27)44)34(37)47/h3-13,15,20,26-28,41-43,46,48H,14H2,1-2H3,(H2,37,47)(H,38,39)/t20-,26-,27+,28+,36+/m0/s1. The molecule has 250 valence electrons. The van der Waals surface area contributed by atoms with Gasteiger partial charge in [-0.05, 0) is 43.3 Å². The average Bonchev–Trinajstić information content (AvgIpc) is 3.55.